The maximum Gasteiger partial charge on any atom is 0.255 e. The highest BCUT2D eigenvalue weighted by Gasteiger charge is 2.18. The first-order valence-corrected chi connectivity index (χ1v) is 10.1. The quantitative estimate of drug-likeness (QED) is 0.735. The first-order chi connectivity index (χ1) is 12.9. The van der Waals surface area contributed by atoms with Gasteiger partial charge in [-0.25, -0.2) is 8.42 Å². The van der Waals surface area contributed by atoms with Gasteiger partial charge >= 0.3 is 0 Å². The second-order valence-electron chi connectivity index (χ2n) is 6.00. The lowest BCUT2D eigenvalue weighted by atomic mass is 10.1. The van der Waals surface area contributed by atoms with Gasteiger partial charge in [-0.15, -0.1) is 0 Å². The van der Waals surface area contributed by atoms with Crippen LogP contribution >= 0.6 is 0 Å². The molecule has 2 aromatic carbocycles. The van der Waals surface area contributed by atoms with Crippen molar-refractivity contribution in [2.75, 3.05) is 22.9 Å². The second-order valence-corrected chi connectivity index (χ2v) is 8.01. The highest BCUT2D eigenvalue weighted by atomic mass is 32.2. The molecule has 1 amide bonds. The molecule has 0 atom stereocenters. The van der Waals surface area contributed by atoms with Crippen LogP contribution in [0.2, 0.25) is 0 Å². The number of aromatic nitrogens is 1. The fraction of sp³-hybridized carbons (Fsp3) is 0.100. The number of carbonyl (C=O) groups excluding carboxylic acids is 1. The van der Waals surface area contributed by atoms with Gasteiger partial charge in [0.05, 0.1) is 23.3 Å². The summed E-state index contributed by atoms with van der Waals surface area (Å²) < 4.78 is 25.1. The van der Waals surface area contributed by atoms with Crippen molar-refractivity contribution in [3.63, 3.8) is 0 Å². The van der Waals surface area contributed by atoms with Gasteiger partial charge in [0, 0.05) is 24.4 Å². The zero-order valence-electron chi connectivity index (χ0n) is 15.0. The van der Waals surface area contributed by atoms with Crippen molar-refractivity contribution >= 4 is 27.3 Å². The third-order valence-electron chi connectivity index (χ3n) is 4.08. The highest BCUT2D eigenvalue weighted by molar-refractivity contribution is 7.92. The van der Waals surface area contributed by atoms with E-state index in [0.717, 1.165) is 21.8 Å². The van der Waals surface area contributed by atoms with Gasteiger partial charge in [0.15, 0.2) is 0 Å². The lowest BCUT2D eigenvalue weighted by Crippen LogP contribution is -2.26. The van der Waals surface area contributed by atoms with E-state index in [4.69, 9.17) is 0 Å². The van der Waals surface area contributed by atoms with E-state index in [9.17, 15) is 13.2 Å². The summed E-state index contributed by atoms with van der Waals surface area (Å²) in [5.41, 5.74) is 2.74. The van der Waals surface area contributed by atoms with Crippen LogP contribution in [-0.2, 0) is 10.0 Å². The average molecular weight is 381 g/mol. The molecule has 0 aliphatic rings. The standard InChI is InChI=1S/C20H19N3O3S/c1-23(27(2,25)26)19-12-11-16(17-10-6-7-13-21-17)14-18(19)22-20(24)15-8-4-3-5-9-15/h3-14H,1-2H3,(H,22,24). The van der Waals surface area contributed by atoms with Gasteiger partial charge in [-0.05, 0) is 36.4 Å². The van der Waals surface area contributed by atoms with Crippen molar-refractivity contribution in [2.45, 2.75) is 0 Å². The third-order valence-corrected chi connectivity index (χ3v) is 5.27. The zero-order chi connectivity index (χ0) is 19.4. The summed E-state index contributed by atoms with van der Waals surface area (Å²) in [4.78, 5) is 16.9. The van der Waals surface area contributed by atoms with E-state index in [0.29, 0.717) is 16.9 Å². The molecule has 1 aromatic heterocycles. The number of anilines is 2. The Labute approximate surface area is 158 Å². The van der Waals surface area contributed by atoms with Gasteiger partial charge in [-0.2, -0.15) is 0 Å². The summed E-state index contributed by atoms with van der Waals surface area (Å²) in [5, 5.41) is 2.82. The number of nitrogens with one attached hydrogen (secondary N) is 1. The molecule has 0 unspecified atom stereocenters. The summed E-state index contributed by atoms with van der Waals surface area (Å²) >= 11 is 0. The number of nitrogens with zero attached hydrogens (tertiary/aromatic N) is 2. The summed E-state index contributed by atoms with van der Waals surface area (Å²) in [6.45, 7) is 0. The molecular formula is C20H19N3O3S. The Morgan fingerprint density at radius 3 is 2.33 bits per heavy atom. The number of sulfonamides is 1. The van der Waals surface area contributed by atoms with E-state index >= 15 is 0 Å². The fourth-order valence-electron chi connectivity index (χ4n) is 2.57. The molecule has 0 saturated carbocycles. The first-order valence-electron chi connectivity index (χ1n) is 8.22. The number of rotatable bonds is 5. The average Bonchev–Trinajstić information content (AvgIpc) is 2.68. The summed E-state index contributed by atoms with van der Waals surface area (Å²) in [6.07, 6.45) is 2.79. The van der Waals surface area contributed by atoms with Crippen molar-refractivity contribution in [1.82, 2.24) is 4.98 Å². The SMILES string of the molecule is CN(c1ccc(-c2ccccn2)cc1NC(=O)c1ccccc1)S(C)(=O)=O. The Morgan fingerprint density at radius 1 is 1.00 bits per heavy atom. The molecule has 1 N–H and O–H groups in total. The maximum absolute atomic E-state index is 12.6. The number of pyridine rings is 1. The minimum atomic E-state index is -3.49. The molecule has 0 spiro atoms. The number of hydrogen-bond acceptors (Lipinski definition) is 4. The lowest BCUT2D eigenvalue weighted by Gasteiger charge is -2.21. The van der Waals surface area contributed by atoms with Crippen LogP contribution in [0.4, 0.5) is 11.4 Å². The Kier molecular flexibility index (Phi) is 5.23. The van der Waals surface area contributed by atoms with Gasteiger partial charge < -0.3 is 5.32 Å². The van der Waals surface area contributed by atoms with Gasteiger partial charge in [0.1, 0.15) is 0 Å². The maximum atomic E-state index is 12.6. The topological polar surface area (TPSA) is 79.4 Å². The van der Waals surface area contributed by atoms with E-state index in [1.54, 1.807) is 48.7 Å². The van der Waals surface area contributed by atoms with Crippen LogP contribution < -0.4 is 9.62 Å². The molecular weight excluding hydrogens is 362 g/mol. The fourth-order valence-corrected chi connectivity index (χ4v) is 3.08. The van der Waals surface area contributed by atoms with E-state index in [-0.39, 0.29) is 5.91 Å². The molecule has 7 heteroatoms. The van der Waals surface area contributed by atoms with Gasteiger partial charge in [-0.3, -0.25) is 14.1 Å². The van der Waals surface area contributed by atoms with Gasteiger partial charge in [0.2, 0.25) is 10.0 Å². The molecule has 0 bridgehead atoms. The molecule has 0 fully saturated rings. The van der Waals surface area contributed by atoms with E-state index in [1.165, 1.54) is 7.05 Å². The first kappa shape index (κ1) is 18.6. The largest absolute Gasteiger partial charge is 0.320 e. The Morgan fingerprint density at radius 2 is 1.70 bits per heavy atom. The van der Waals surface area contributed by atoms with Crippen LogP contribution in [-0.4, -0.2) is 32.6 Å². The molecule has 0 saturated heterocycles. The lowest BCUT2D eigenvalue weighted by molar-refractivity contribution is 0.102. The van der Waals surface area contributed by atoms with Crippen LogP contribution in [0.15, 0.2) is 72.9 Å². The van der Waals surface area contributed by atoms with E-state index in [1.807, 2.05) is 24.3 Å². The van der Waals surface area contributed by atoms with Crippen molar-refractivity contribution < 1.29 is 13.2 Å². The number of carbonyl (C=O) groups is 1. The zero-order valence-corrected chi connectivity index (χ0v) is 15.8. The summed E-state index contributed by atoms with van der Waals surface area (Å²) in [6, 6.07) is 19.4. The minimum Gasteiger partial charge on any atom is -0.320 e. The minimum absolute atomic E-state index is 0.322. The molecule has 3 rings (SSSR count). The van der Waals surface area contributed by atoms with Crippen LogP contribution in [0, 0.1) is 0 Å². The normalized spacial score (nSPS) is 11.0. The number of hydrogen-bond donors (Lipinski definition) is 1. The monoisotopic (exact) mass is 381 g/mol. The molecule has 0 aliphatic carbocycles. The molecule has 3 aromatic rings. The number of amides is 1. The van der Waals surface area contributed by atoms with Crippen LogP contribution in [0.25, 0.3) is 11.3 Å². The van der Waals surface area contributed by atoms with Gasteiger partial charge in [-0.1, -0.05) is 30.3 Å². The summed E-state index contributed by atoms with van der Waals surface area (Å²) in [5.74, 6) is -0.322. The Hall–Kier alpha value is -3.19. The number of benzene rings is 2. The molecule has 0 radical (unpaired) electrons. The molecule has 27 heavy (non-hydrogen) atoms. The predicted molar refractivity (Wildman–Crippen MR) is 107 cm³/mol. The molecule has 138 valence electrons. The smallest absolute Gasteiger partial charge is 0.255 e. The second kappa shape index (κ2) is 7.59. The van der Waals surface area contributed by atoms with Crippen LogP contribution in [0.1, 0.15) is 10.4 Å². The van der Waals surface area contributed by atoms with Crippen molar-refractivity contribution in [1.29, 1.82) is 0 Å². The highest BCUT2D eigenvalue weighted by Crippen LogP contribution is 2.32. The molecule has 1 heterocycles. The Bertz CT molecular complexity index is 1050. The van der Waals surface area contributed by atoms with E-state index < -0.39 is 10.0 Å². The third kappa shape index (κ3) is 4.32. The van der Waals surface area contributed by atoms with E-state index in [2.05, 4.69) is 10.3 Å². The summed E-state index contributed by atoms with van der Waals surface area (Å²) in [7, 11) is -2.04. The van der Waals surface area contributed by atoms with Crippen LogP contribution in [0.3, 0.4) is 0 Å². The van der Waals surface area contributed by atoms with Crippen molar-refractivity contribution in [2.24, 2.45) is 0 Å². The predicted octanol–water partition coefficient (Wildman–Crippen LogP) is 3.40. The van der Waals surface area contributed by atoms with Crippen molar-refractivity contribution in [3.05, 3.63) is 78.5 Å². The van der Waals surface area contributed by atoms with Crippen LogP contribution in [0.5, 0.6) is 0 Å². The molecule has 6 nitrogen and oxygen atoms in total. The van der Waals surface area contributed by atoms with Crippen molar-refractivity contribution in [3.8, 4) is 11.3 Å². The van der Waals surface area contributed by atoms with Gasteiger partial charge in [0.25, 0.3) is 5.91 Å². The molecule has 0 aliphatic heterocycles. The Balaban J connectivity index is 2.05.